The van der Waals surface area contributed by atoms with Gasteiger partial charge in [0.1, 0.15) is 5.60 Å². The van der Waals surface area contributed by atoms with E-state index in [0.29, 0.717) is 6.04 Å². The van der Waals surface area contributed by atoms with Gasteiger partial charge >= 0.3 is 0 Å². The molecule has 3 nitrogen and oxygen atoms in total. The number of likely N-dealkylation sites (tertiary alicyclic amines) is 2. The molecule has 1 aliphatic carbocycles. The summed E-state index contributed by atoms with van der Waals surface area (Å²) in [6.45, 7) is 6.44. The second-order valence-corrected chi connectivity index (χ2v) is 13.5. The lowest BCUT2D eigenvalue weighted by atomic mass is 9.86. The standard InChI is InChI=1S/C21H26ClNO.C21H21N/c1-21(17-7-4-3-5-8-17,18-10-12-19(22)13-11-18)24-16-14-20-9-6-15-23(20)2;1-22-14-12-18(13-15-22)21-19-8-4-2-6-16(19)10-11-17-7-3-5-9-20(17)21/h3-5,7-8,10-13,20H,6,9,14-16H2,1-2H3;2-11H,12-15H2,1H3/t20-,21-;/m1./s1. The predicted octanol–water partition coefficient (Wildman–Crippen LogP) is 9.80. The summed E-state index contributed by atoms with van der Waals surface area (Å²) in [5, 5.41) is 0.752. The molecule has 0 bridgehead atoms. The molecule has 0 amide bonds. The summed E-state index contributed by atoms with van der Waals surface area (Å²) in [5.74, 6) is 0. The first-order valence-corrected chi connectivity index (χ1v) is 17.2. The minimum absolute atomic E-state index is 0.455. The zero-order chi connectivity index (χ0) is 31.9. The average Bonchev–Trinajstić information content (AvgIpc) is 3.42. The van der Waals surface area contributed by atoms with Crippen LogP contribution in [-0.2, 0) is 10.3 Å². The summed E-state index contributed by atoms with van der Waals surface area (Å²) in [4.78, 5) is 4.88. The van der Waals surface area contributed by atoms with Gasteiger partial charge in [-0.15, -0.1) is 0 Å². The van der Waals surface area contributed by atoms with Gasteiger partial charge in [-0.25, -0.2) is 0 Å². The summed E-state index contributed by atoms with van der Waals surface area (Å²) in [6, 6.07) is 36.7. The second-order valence-electron chi connectivity index (χ2n) is 13.1. The molecule has 2 aliphatic heterocycles. The first-order chi connectivity index (χ1) is 22.4. The van der Waals surface area contributed by atoms with E-state index in [1.165, 1.54) is 65.6 Å². The minimum Gasteiger partial charge on any atom is -0.366 e. The molecule has 0 spiro atoms. The quantitative estimate of drug-likeness (QED) is 0.186. The number of nitrogens with zero attached hydrogens (tertiary/aromatic N) is 2. The number of benzene rings is 4. The van der Waals surface area contributed by atoms with Crippen LogP contribution in [0.1, 0.15) is 72.4 Å². The molecule has 4 aromatic carbocycles. The van der Waals surface area contributed by atoms with Crippen LogP contribution in [0.5, 0.6) is 0 Å². The maximum Gasteiger partial charge on any atom is 0.115 e. The molecule has 7 rings (SSSR count). The molecular weight excluding hydrogens is 584 g/mol. The third kappa shape index (κ3) is 7.40. The maximum absolute atomic E-state index is 6.48. The van der Waals surface area contributed by atoms with Crippen molar-refractivity contribution in [2.45, 2.75) is 50.7 Å². The van der Waals surface area contributed by atoms with Gasteiger partial charge < -0.3 is 14.5 Å². The van der Waals surface area contributed by atoms with Gasteiger partial charge in [0.2, 0.25) is 0 Å². The Morgan fingerprint density at radius 2 is 1.28 bits per heavy atom. The topological polar surface area (TPSA) is 15.7 Å². The molecule has 0 unspecified atom stereocenters. The van der Waals surface area contributed by atoms with E-state index in [4.69, 9.17) is 16.3 Å². The fourth-order valence-corrected chi connectivity index (χ4v) is 7.31. The van der Waals surface area contributed by atoms with Crippen LogP contribution in [0.3, 0.4) is 0 Å². The fourth-order valence-electron chi connectivity index (χ4n) is 7.18. The van der Waals surface area contributed by atoms with Gasteiger partial charge in [-0.3, -0.25) is 0 Å². The Kier molecular flexibility index (Phi) is 10.6. The summed E-state index contributed by atoms with van der Waals surface area (Å²) >= 11 is 6.07. The maximum atomic E-state index is 6.48. The zero-order valence-electron chi connectivity index (χ0n) is 27.6. The molecule has 3 aliphatic rings. The molecule has 0 saturated carbocycles. The van der Waals surface area contributed by atoms with E-state index in [9.17, 15) is 0 Å². The van der Waals surface area contributed by atoms with E-state index < -0.39 is 5.60 Å². The van der Waals surface area contributed by atoms with Crippen molar-refractivity contribution in [2.75, 3.05) is 40.3 Å². The highest BCUT2D eigenvalue weighted by Crippen LogP contribution is 2.39. The molecule has 4 heteroatoms. The summed E-state index contributed by atoms with van der Waals surface area (Å²) in [5.41, 5.74) is 10.4. The van der Waals surface area contributed by atoms with Crippen LogP contribution >= 0.6 is 11.6 Å². The van der Waals surface area contributed by atoms with Gasteiger partial charge in [0.25, 0.3) is 0 Å². The average molecular weight is 631 g/mol. The molecule has 2 saturated heterocycles. The molecule has 2 fully saturated rings. The smallest absolute Gasteiger partial charge is 0.115 e. The van der Waals surface area contributed by atoms with Crippen molar-refractivity contribution < 1.29 is 4.74 Å². The Balaban J connectivity index is 0.000000162. The number of halogens is 1. The van der Waals surface area contributed by atoms with E-state index in [0.717, 1.165) is 36.7 Å². The molecule has 2 atom stereocenters. The van der Waals surface area contributed by atoms with E-state index >= 15 is 0 Å². The van der Waals surface area contributed by atoms with Crippen LogP contribution < -0.4 is 0 Å². The lowest BCUT2D eigenvalue weighted by molar-refractivity contribution is -0.0117. The van der Waals surface area contributed by atoms with Crippen molar-refractivity contribution >= 4 is 29.3 Å². The molecule has 4 aromatic rings. The van der Waals surface area contributed by atoms with Gasteiger partial charge in [0.05, 0.1) is 0 Å². The minimum atomic E-state index is -0.455. The number of hydrogen-bond donors (Lipinski definition) is 0. The largest absolute Gasteiger partial charge is 0.366 e. The van der Waals surface area contributed by atoms with Gasteiger partial charge in [0.15, 0.2) is 0 Å². The van der Waals surface area contributed by atoms with Crippen LogP contribution in [-0.4, -0.2) is 56.2 Å². The third-order valence-electron chi connectivity index (χ3n) is 10.1. The van der Waals surface area contributed by atoms with Gasteiger partial charge in [-0.2, -0.15) is 0 Å². The van der Waals surface area contributed by atoms with Crippen molar-refractivity contribution in [3.63, 3.8) is 0 Å². The van der Waals surface area contributed by atoms with Crippen LogP contribution in [0.25, 0.3) is 17.7 Å². The van der Waals surface area contributed by atoms with E-state index in [2.05, 4.69) is 128 Å². The van der Waals surface area contributed by atoms with Gasteiger partial charge in [0, 0.05) is 30.8 Å². The lowest BCUT2D eigenvalue weighted by Crippen LogP contribution is -2.31. The van der Waals surface area contributed by atoms with Crippen molar-refractivity contribution in [1.82, 2.24) is 9.80 Å². The SMILES string of the molecule is CN1CCC(=C2c3ccccc3C=Cc3ccccc32)CC1.CN1CCC[C@@H]1CCO[C@](C)(c1ccccc1)c1ccc(Cl)cc1. The summed E-state index contributed by atoms with van der Waals surface area (Å²) < 4.78 is 6.48. The fraction of sp³-hybridized carbons (Fsp3) is 0.333. The number of ether oxygens (including phenoxy) is 1. The molecule has 0 N–H and O–H groups in total. The molecule has 238 valence electrons. The van der Waals surface area contributed by atoms with Gasteiger partial charge in [-0.1, -0.05) is 120 Å². The Labute approximate surface area is 281 Å². The predicted molar refractivity (Wildman–Crippen MR) is 195 cm³/mol. The third-order valence-corrected chi connectivity index (χ3v) is 10.3. The number of fused-ring (bicyclic) bond motifs is 2. The zero-order valence-corrected chi connectivity index (χ0v) is 28.3. The molecule has 0 radical (unpaired) electrons. The highest BCUT2D eigenvalue weighted by Gasteiger charge is 2.31. The Morgan fingerprint density at radius 3 is 1.87 bits per heavy atom. The first kappa shape index (κ1) is 32.5. The number of piperidine rings is 1. The van der Waals surface area contributed by atoms with E-state index in [-0.39, 0.29) is 0 Å². The Morgan fingerprint density at radius 1 is 0.717 bits per heavy atom. The Hall–Kier alpha value is -3.47. The highest BCUT2D eigenvalue weighted by molar-refractivity contribution is 6.30. The summed E-state index contributed by atoms with van der Waals surface area (Å²) in [6.07, 6.45) is 10.5. The van der Waals surface area contributed by atoms with Crippen LogP contribution in [0.4, 0.5) is 0 Å². The molecule has 0 aromatic heterocycles. The van der Waals surface area contributed by atoms with Crippen molar-refractivity contribution in [3.8, 4) is 0 Å². The molecule has 2 heterocycles. The van der Waals surface area contributed by atoms with E-state index in [1.807, 2.05) is 18.2 Å². The molecule has 46 heavy (non-hydrogen) atoms. The Bertz CT molecular complexity index is 1600. The van der Waals surface area contributed by atoms with Crippen molar-refractivity contribution in [2.24, 2.45) is 0 Å². The lowest BCUT2D eigenvalue weighted by Gasteiger charge is -2.32. The number of hydrogen-bond acceptors (Lipinski definition) is 3. The van der Waals surface area contributed by atoms with Crippen LogP contribution in [0, 0.1) is 0 Å². The normalized spacial score (nSPS) is 19.4. The highest BCUT2D eigenvalue weighted by atomic mass is 35.5. The molecular formula is C42H47ClN2O. The van der Waals surface area contributed by atoms with Gasteiger partial charge in [-0.05, 0) is 111 Å². The van der Waals surface area contributed by atoms with Crippen LogP contribution in [0.15, 0.2) is 109 Å². The van der Waals surface area contributed by atoms with Crippen molar-refractivity contribution in [3.05, 3.63) is 147 Å². The van der Waals surface area contributed by atoms with E-state index in [1.54, 1.807) is 5.57 Å². The number of rotatable bonds is 6. The summed E-state index contributed by atoms with van der Waals surface area (Å²) in [7, 11) is 4.44. The second kappa shape index (κ2) is 15.0. The van der Waals surface area contributed by atoms with Crippen LogP contribution in [0.2, 0.25) is 5.02 Å². The first-order valence-electron chi connectivity index (χ1n) is 16.9. The monoisotopic (exact) mass is 630 g/mol. The van der Waals surface area contributed by atoms with Crippen molar-refractivity contribution in [1.29, 1.82) is 0 Å².